The minimum atomic E-state index is -0.0783. The number of benzene rings is 1. The molecule has 0 amide bonds. The number of rotatable bonds is 7. The standard InChI is InChI=1S/C22H24N2O2S/c25-22-20(23-15-27)11-19(17-9-10-17)13-24(22)12-18-7-4-8-21(18)26-14-16-5-2-1-3-6-16/h1-3,5-6,11,13,17-18,21H,4,7-10,12,14H2/t18-,21?/m0/s1. The molecule has 27 heavy (non-hydrogen) atoms. The Kier molecular flexibility index (Phi) is 5.63. The molecule has 5 heteroatoms. The van der Waals surface area contributed by atoms with Crippen LogP contribution in [0.3, 0.4) is 0 Å². The van der Waals surface area contributed by atoms with Crippen molar-refractivity contribution >= 4 is 23.1 Å². The number of aliphatic imine (C=N–C) groups is 1. The lowest BCUT2D eigenvalue weighted by Crippen LogP contribution is -2.28. The van der Waals surface area contributed by atoms with Gasteiger partial charge in [-0.15, -0.1) is 0 Å². The van der Waals surface area contributed by atoms with E-state index < -0.39 is 0 Å². The average molecular weight is 381 g/mol. The highest BCUT2D eigenvalue weighted by molar-refractivity contribution is 7.78. The van der Waals surface area contributed by atoms with Crippen molar-refractivity contribution in [3.05, 3.63) is 64.1 Å². The van der Waals surface area contributed by atoms with Crippen molar-refractivity contribution in [2.45, 2.75) is 57.3 Å². The van der Waals surface area contributed by atoms with E-state index in [1.54, 1.807) is 0 Å². The van der Waals surface area contributed by atoms with E-state index in [0.717, 1.165) is 19.3 Å². The van der Waals surface area contributed by atoms with Gasteiger partial charge in [0.15, 0.2) is 0 Å². The van der Waals surface area contributed by atoms with E-state index in [0.29, 0.717) is 30.7 Å². The number of ether oxygens (including phenoxy) is 1. The molecule has 1 aromatic carbocycles. The SMILES string of the molecule is O=c1c(N=C=S)cc(C2CC2)cn1C[C@@H]1CCCC1OCc1ccccc1. The first-order chi connectivity index (χ1) is 13.2. The third kappa shape index (κ3) is 4.44. The van der Waals surface area contributed by atoms with Gasteiger partial charge in [0.2, 0.25) is 0 Å². The maximum atomic E-state index is 12.8. The summed E-state index contributed by atoms with van der Waals surface area (Å²) in [5.41, 5.74) is 2.71. The Labute approximate surface area is 164 Å². The minimum absolute atomic E-state index is 0.0783. The number of thiocarbonyl (C=S) groups is 1. The van der Waals surface area contributed by atoms with E-state index in [1.165, 1.54) is 24.0 Å². The van der Waals surface area contributed by atoms with Crippen LogP contribution in [0.25, 0.3) is 0 Å². The molecule has 1 heterocycles. The van der Waals surface area contributed by atoms with Gasteiger partial charge in [-0.05, 0) is 61.0 Å². The van der Waals surface area contributed by atoms with E-state index in [-0.39, 0.29) is 11.7 Å². The number of nitrogens with zero attached hydrogens (tertiary/aromatic N) is 2. The highest BCUT2D eigenvalue weighted by Gasteiger charge is 2.30. The molecule has 2 aliphatic carbocycles. The van der Waals surface area contributed by atoms with Crippen LogP contribution in [-0.4, -0.2) is 15.8 Å². The molecule has 2 aromatic rings. The maximum Gasteiger partial charge on any atom is 0.277 e. The van der Waals surface area contributed by atoms with Crippen LogP contribution in [-0.2, 0) is 17.9 Å². The number of pyridine rings is 1. The first-order valence-electron chi connectivity index (χ1n) is 9.72. The second-order valence-electron chi connectivity index (χ2n) is 7.62. The van der Waals surface area contributed by atoms with Crippen LogP contribution < -0.4 is 5.56 Å². The van der Waals surface area contributed by atoms with Gasteiger partial charge < -0.3 is 9.30 Å². The molecule has 1 aromatic heterocycles. The van der Waals surface area contributed by atoms with Crippen molar-refractivity contribution in [2.24, 2.45) is 10.9 Å². The van der Waals surface area contributed by atoms with E-state index in [1.807, 2.05) is 35.0 Å². The van der Waals surface area contributed by atoms with E-state index in [2.05, 4.69) is 22.3 Å². The molecular weight excluding hydrogens is 356 g/mol. The van der Waals surface area contributed by atoms with E-state index >= 15 is 0 Å². The second-order valence-corrected chi connectivity index (χ2v) is 7.80. The van der Waals surface area contributed by atoms with Crippen LogP contribution >= 0.6 is 12.2 Å². The second kappa shape index (κ2) is 8.30. The van der Waals surface area contributed by atoms with Crippen LogP contribution in [0.4, 0.5) is 5.69 Å². The van der Waals surface area contributed by atoms with Crippen molar-refractivity contribution in [3.8, 4) is 0 Å². The fourth-order valence-corrected chi connectivity index (χ4v) is 4.11. The molecule has 4 rings (SSSR count). The molecule has 0 saturated heterocycles. The van der Waals surface area contributed by atoms with Gasteiger partial charge in [0, 0.05) is 18.7 Å². The average Bonchev–Trinajstić information content (AvgIpc) is 3.45. The first kappa shape index (κ1) is 18.3. The topological polar surface area (TPSA) is 43.6 Å². The molecule has 140 valence electrons. The van der Waals surface area contributed by atoms with Crippen LogP contribution in [0.2, 0.25) is 0 Å². The normalized spacial score (nSPS) is 21.8. The predicted molar refractivity (Wildman–Crippen MR) is 110 cm³/mol. The van der Waals surface area contributed by atoms with Crippen LogP contribution in [0.15, 0.2) is 52.4 Å². The van der Waals surface area contributed by atoms with E-state index in [4.69, 9.17) is 17.0 Å². The summed E-state index contributed by atoms with van der Waals surface area (Å²) in [4.78, 5) is 16.8. The quantitative estimate of drug-likeness (QED) is 0.510. The van der Waals surface area contributed by atoms with Crippen molar-refractivity contribution < 1.29 is 4.74 Å². The zero-order chi connectivity index (χ0) is 18.6. The molecule has 0 spiro atoms. The van der Waals surface area contributed by atoms with Gasteiger partial charge >= 0.3 is 0 Å². The van der Waals surface area contributed by atoms with E-state index in [9.17, 15) is 4.79 Å². The van der Waals surface area contributed by atoms with Gasteiger partial charge in [-0.2, -0.15) is 4.99 Å². The lowest BCUT2D eigenvalue weighted by Gasteiger charge is -2.22. The van der Waals surface area contributed by atoms with Crippen molar-refractivity contribution in [1.29, 1.82) is 0 Å². The Bertz CT molecular complexity index is 898. The summed E-state index contributed by atoms with van der Waals surface area (Å²) in [5.74, 6) is 0.912. The molecule has 2 atom stereocenters. The smallest absolute Gasteiger partial charge is 0.277 e. The molecule has 1 unspecified atom stereocenters. The number of hydrogen-bond acceptors (Lipinski definition) is 4. The Balaban J connectivity index is 1.50. The Morgan fingerprint density at radius 3 is 2.74 bits per heavy atom. The van der Waals surface area contributed by atoms with Gasteiger partial charge in [-0.3, -0.25) is 4.79 Å². The Morgan fingerprint density at radius 2 is 2.00 bits per heavy atom. The molecule has 0 bridgehead atoms. The summed E-state index contributed by atoms with van der Waals surface area (Å²) in [6.07, 6.45) is 7.88. The monoisotopic (exact) mass is 380 g/mol. The summed E-state index contributed by atoms with van der Waals surface area (Å²) in [5, 5.41) is 2.35. The fraction of sp³-hybridized carbons (Fsp3) is 0.455. The highest BCUT2D eigenvalue weighted by Crippen LogP contribution is 2.40. The van der Waals surface area contributed by atoms with Gasteiger partial charge in [0.1, 0.15) is 5.69 Å². The van der Waals surface area contributed by atoms with Crippen LogP contribution in [0.1, 0.15) is 49.1 Å². The zero-order valence-corrected chi connectivity index (χ0v) is 16.2. The Morgan fingerprint density at radius 1 is 1.19 bits per heavy atom. The van der Waals surface area contributed by atoms with Crippen LogP contribution in [0, 0.1) is 5.92 Å². The van der Waals surface area contributed by atoms with Crippen LogP contribution in [0.5, 0.6) is 0 Å². The lowest BCUT2D eigenvalue weighted by molar-refractivity contribution is 0.0112. The molecule has 2 aliphatic rings. The van der Waals surface area contributed by atoms with Crippen molar-refractivity contribution in [2.75, 3.05) is 0 Å². The third-order valence-electron chi connectivity index (χ3n) is 5.63. The Hall–Kier alpha value is -2.07. The lowest BCUT2D eigenvalue weighted by atomic mass is 10.1. The first-order valence-corrected chi connectivity index (χ1v) is 10.1. The number of hydrogen-bond donors (Lipinski definition) is 0. The number of isothiocyanates is 1. The molecule has 2 saturated carbocycles. The van der Waals surface area contributed by atoms with Gasteiger partial charge in [-0.25, -0.2) is 0 Å². The predicted octanol–water partition coefficient (Wildman–Crippen LogP) is 4.85. The molecule has 0 radical (unpaired) electrons. The molecule has 0 aliphatic heterocycles. The summed E-state index contributed by atoms with van der Waals surface area (Å²) >= 11 is 4.72. The molecule has 2 fully saturated rings. The molecule has 4 nitrogen and oxygen atoms in total. The maximum absolute atomic E-state index is 12.8. The van der Waals surface area contributed by atoms with Crippen molar-refractivity contribution in [3.63, 3.8) is 0 Å². The zero-order valence-electron chi connectivity index (χ0n) is 15.3. The van der Waals surface area contributed by atoms with Gasteiger partial charge in [0.25, 0.3) is 5.56 Å². The summed E-state index contributed by atoms with van der Waals surface area (Å²) in [6, 6.07) is 12.1. The molecule has 0 N–H and O–H groups in total. The van der Waals surface area contributed by atoms with Gasteiger partial charge in [-0.1, -0.05) is 36.8 Å². The summed E-state index contributed by atoms with van der Waals surface area (Å²) in [7, 11) is 0. The fourth-order valence-electron chi connectivity index (χ4n) is 4.01. The largest absolute Gasteiger partial charge is 0.373 e. The molecular formula is C22H24N2O2S. The number of aromatic nitrogens is 1. The van der Waals surface area contributed by atoms with Crippen molar-refractivity contribution in [1.82, 2.24) is 4.57 Å². The minimum Gasteiger partial charge on any atom is -0.373 e. The van der Waals surface area contributed by atoms with Gasteiger partial charge in [0.05, 0.1) is 17.9 Å². The summed E-state index contributed by atoms with van der Waals surface area (Å²) < 4.78 is 8.04. The summed E-state index contributed by atoms with van der Waals surface area (Å²) in [6.45, 7) is 1.30. The highest BCUT2D eigenvalue weighted by atomic mass is 32.1. The third-order valence-corrected chi connectivity index (χ3v) is 5.72.